The van der Waals surface area contributed by atoms with Crippen LogP contribution in [0.3, 0.4) is 0 Å². The summed E-state index contributed by atoms with van der Waals surface area (Å²) in [7, 11) is -1.84. The van der Waals surface area contributed by atoms with E-state index in [1.165, 1.54) is 0 Å². The van der Waals surface area contributed by atoms with Crippen LogP contribution >= 0.6 is 0 Å². The van der Waals surface area contributed by atoms with Gasteiger partial charge in [-0.1, -0.05) is 24.3 Å². The molecule has 0 bridgehead atoms. The minimum atomic E-state index is -3.72. The molecule has 2 heterocycles. The number of sulfonamides is 1. The van der Waals surface area contributed by atoms with E-state index in [0.29, 0.717) is 11.3 Å². The minimum Gasteiger partial charge on any atom is -0.330 e. The topological polar surface area (TPSA) is 76.9 Å². The Morgan fingerprint density at radius 3 is 2.73 bits per heavy atom. The van der Waals surface area contributed by atoms with Gasteiger partial charge >= 0.3 is 0 Å². The maximum absolute atomic E-state index is 12.8. The average Bonchev–Trinajstić information content (AvgIpc) is 2.95. The number of nitrogens with zero attached hydrogens (tertiary/aromatic N) is 3. The number of hydrogen-bond donors (Lipinski definition) is 1. The van der Waals surface area contributed by atoms with Gasteiger partial charge in [-0.05, 0) is 36.8 Å². The normalized spacial score (nSPS) is 12.1. The van der Waals surface area contributed by atoms with Crippen LogP contribution < -0.4 is 4.72 Å². The van der Waals surface area contributed by atoms with E-state index >= 15 is 0 Å². The van der Waals surface area contributed by atoms with Crippen LogP contribution in [0.5, 0.6) is 0 Å². The predicted molar refractivity (Wildman–Crippen MR) is 101 cm³/mol. The molecule has 4 aromatic rings. The van der Waals surface area contributed by atoms with Crippen LogP contribution in [0.2, 0.25) is 0 Å². The van der Waals surface area contributed by atoms with E-state index in [1.54, 1.807) is 18.3 Å². The monoisotopic (exact) mass is 366 g/mol. The van der Waals surface area contributed by atoms with Gasteiger partial charge < -0.3 is 4.57 Å². The molecule has 0 radical (unpaired) electrons. The highest BCUT2D eigenvalue weighted by Crippen LogP contribution is 2.22. The van der Waals surface area contributed by atoms with Gasteiger partial charge in [0.25, 0.3) is 0 Å². The second-order valence-corrected chi connectivity index (χ2v) is 7.98. The SMILES string of the molecule is Cc1cnc2c(S(=O)(=O)NCc3nc4ccccc4n3C)cccc2c1. The molecule has 0 aliphatic heterocycles. The lowest BCUT2D eigenvalue weighted by atomic mass is 10.2. The molecular weight excluding hydrogens is 348 g/mol. The number of fused-ring (bicyclic) bond motifs is 2. The minimum absolute atomic E-state index is 0.107. The van der Waals surface area contributed by atoms with Gasteiger partial charge in [-0.3, -0.25) is 4.98 Å². The van der Waals surface area contributed by atoms with E-state index in [4.69, 9.17) is 0 Å². The molecule has 1 N–H and O–H groups in total. The molecule has 2 aromatic heterocycles. The van der Waals surface area contributed by atoms with Crippen LogP contribution in [0.15, 0.2) is 59.6 Å². The van der Waals surface area contributed by atoms with E-state index in [2.05, 4.69) is 14.7 Å². The third-order valence-electron chi connectivity index (χ3n) is 4.40. The summed E-state index contributed by atoms with van der Waals surface area (Å²) in [6.07, 6.45) is 1.67. The van der Waals surface area contributed by atoms with Crippen molar-refractivity contribution in [3.05, 3.63) is 66.1 Å². The lowest BCUT2D eigenvalue weighted by Gasteiger charge is -2.09. The van der Waals surface area contributed by atoms with Crippen LogP contribution in [-0.2, 0) is 23.6 Å². The summed E-state index contributed by atoms with van der Waals surface area (Å²) in [6, 6.07) is 14.8. The fourth-order valence-corrected chi connectivity index (χ4v) is 4.21. The quantitative estimate of drug-likeness (QED) is 0.602. The number of aryl methyl sites for hydroxylation is 2. The van der Waals surface area contributed by atoms with Crippen molar-refractivity contribution in [2.75, 3.05) is 0 Å². The first-order chi connectivity index (χ1) is 12.5. The number of pyridine rings is 1. The molecule has 0 fully saturated rings. The van der Waals surface area contributed by atoms with Gasteiger partial charge in [-0.15, -0.1) is 0 Å². The molecule has 0 amide bonds. The Labute approximate surface area is 151 Å². The summed E-state index contributed by atoms with van der Waals surface area (Å²) in [5, 5.41) is 0.801. The fraction of sp³-hybridized carbons (Fsp3) is 0.158. The molecular formula is C19H18N4O2S. The highest BCUT2D eigenvalue weighted by atomic mass is 32.2. The standard InChI is InChI=1S/C19H18N4O2S/c1-13-10-14-6-5-9-17(19(14)20-11-13)26(24,25)21-12-18-22-15-7-3-4-8-16(15)23(18)2/h3-11,21H,12H2,1-2H3. The molecule has 0 aliphatic rings. The molecule has 0 atom stereocenters. The molecule has 0 aliphatic carbocycles. The van der Waals surface area contributed by atoms with E-state index in [1.807, 2.05) is 54.9 Å². The van der Waals surface area contributed by atoms with Crippen molar-refractivity contribution in [2.45, 2.75) is 18.4 Å². The molecule has 0 saturated carbocycles. The Morgan fingerprint density at radius 2 is 1.92 bits per heavy atom. The Balaban J connectivity index is 1.68. The third-order valence-corrected chi connectivity index (χ3v) is 5.83. The first-order valence-electron chi connectivity index (χ1n) is 8.21. The van der Waals surface area contributed by atoms with Crippen LogP contribution in [0.1, 0.15) is 11.4 Å². The summed E-state index contributed by atoms with van der Waals surface area (Å²) in [5.74, 6) is 0.652. The predicted octanol–water partition coefficient (Wildman–Crippen LogP) is 2.91. The van der Waals surface area contributed by atoms with Crippen LogP contribution in [0.25, 0.3) is 21.9 Å². The number of aromatic nitrogens is 3. The number of para-hydroxylation sites is 3. The van der Waals surface area contributed by atoms with Crippen molar-refractivity contribution in [1.29, 1.82) is 0 Å². The van der Waals surface area contributed by atoms with Crippen molar-refractivity contribution in [3.63, 3.8) is 0 Å². The fourth-order valence-electron chi connectivity index (χ4n) is 3.05. The molecule has 26 heavy (non-hydrogen) atoms. The molecule has 0 spiro atoms. The maximum atomic E-state index is 12.8. The first kappa shape index (κ1) is 16.7. The van der Waals surface area contributed by atoms with E-state index in [9.17, 15) is 8.42 Å². The van der Waals surface area contributed by atoms with E-state index in [-0.39, 0.29) is 11.4 Å². The number of rotatable bonds is 4. The number of benzene rings is 2. The van der Waals surface area contributed by atoms with Crippen molar-refractivity contribution < 1.29 is 8.42 Å². The van der Waals surface area contributed by atoms with Crippen LogP contribution in [0.4, 0.5) is 0 Å². The molecule has 0 saturated heterocycles. The second kappa shape index (κ2) is 6.19. The first-order valence-corrected chi connectivity index (χ1v) is 9.69. The largest absolute Gasteiger partial charge is 0.330 e. The van der Waals surface area contributed by atoms with Crippen molar-refractivity contribution in [3.8, 4) is 0 Å². The highest BCUT2D eigenvalue weighted by molar-refractivity contribution is 7.89. The zero-order valence-corrected chi connectivity index (χ0v) is 15.3. The number of hydrogen-bond acceptors (Lipinski definition) is 4. The molecule has 4 rings (SSSR count). The Kier molecular flexibility index (Phi) is 3.97. The lowest BCUT2D eigenvalue weighted by Crippen LogP contribution is -2.25. The molecule has 0 unspecified atom stereocenters. The van der Waals surface area contributed by atoms with Gasteiger partial charge in [-0.25, -0.2) is 18.1 Å². The van der Waals surface area contributed by atoms with Gasteiger partial charge in [0.1, 0.15) is 10.7 Å². The van der Waals surface area contributed by atoms with E-state index < -0.39 is 10.0 Å². The van der Waals surface area contributed by atoms with Crippen molar-refractivity contribution >= 4 is 32.0 Å². The third kappa shape index (κ3) is 2.85. The number of nitrogens with one attached hydrogen (secondary N) is 1. The van der Waals surface area contributed by atoms with Crippen LogP contribution in [-0.4, -0.2) is 23.0 Å². The number of imidazole rings is 1. The molecule has 7 heteroatoms. The summed E-state index contributed by atoms with van der Waals surface area (Å²) in [6.45, 7) is 2.04. The van der Waals surface area contributed by atoms with Gasteiger partial charge in [0.05, 0.1) is 23.1 Å². The van der Waals surface area contributed by atoms with Crippen molar-refractivity contribution in [1.82, 2.24) is 19.3 Å². The zero-order chi connectivity index (χ0) is 18.3. The summed E-state index contributed by atoms with van der Waals surface area (Å²) < 4.78 is 30.2. The Hall–Kier alpha value is -2.77. The van der Waals surface area contributed by atoms with Gasteiger partial charge in [0, 0.05) is 18.6 Å². The van der Waals surface area contributed by atoms with Gasteiger partial charge in [0.15, 0.2) is 0 Å². The summed E-state index contributed by atoms with van der Waals surface area (Å²) in [4.78, 5) is 8.99. The smallest absolute Gasteiger partial charge is 0.243 e. The second-order valence-electron chi connectivity index (χ2n) is 6.24. The van der Waals surface area contributed by atoms with Gasteiger partial charge in [0.2, 0.25) is 10.0 Å². The maximum Gasteiger partial charge on any atom is 0.243 e. The highest BCUT2D eigenvalue weighted by Gasteiger charge is 2.19. The molecule has 6 nitrogen and oxygen atoms in total. The lowest BCUT2D eigenvalue weighted by molar-refractivity contribution is 0.578. The molecule has 2 aromatic carbocycles. The average molecular weight is 366 g/mol. The Morgan fingerprint density at radius 1 is 1.12 bits per heavy atom. The van der Waals surface area contributed by atoms with Crippen molar-refractivity contribution in [2.24, 2.45) is 7.05 Å². The Bertz CT molecular complexity index is 1230. The zero-order valence-electron chi connectivity index (χ0n) is 14.5. The van der Waals surface area contributed by atoms with Crippen LogP contribution in [0, 0.1) is 6.92 Å². The van der Waals surface area contributed by atoms with Gasteiger partial charge in [-0.2, -0.15) is 0 Å². The summed E-state index contributed by atoms with van der Waals surface area (Å²) >= 11 is 0. The van der Waals surface area contributed by atoms with E-state index in [0.717, 1.165) is 22.0 Å². The molecule has 132 valence electrons. The summed E-state index contributed by atoms with van der Waals surface area (Å²) in [5.41, 5.74) is 3.26.